The van der Waals surface area contributed by atoms with E-state index in [1.165, 1.54) is 12.8 Å². The average molecular weight is 549 g/mol. The number of carbonyl (C=O) groups excluding carboxylic acids is 2. The fraction of sp³-hybridized carbons (Fsp3) is 0.400. The molecule has 0 unspecified atom stereocenters. The topological polar surface area (TPSA) is 79.9 Å². The summed E-state index contributed by atoms with van der Waals surface area (Å²) in [7, 11) is 0. The number of amides is 2. The zero-order chi connectivity index (χ0) is 24.3. The minimum Gasteiger partial charge on any atom is -0.492 e. The van der Waals surface area contributed by atoms with Gasteiger partial charge in [0.25, 0.3) is 11.8 Å². The third-order valence-corrected chi connectivity index (χ3v) is 6.17. The maximum Gasteiger partial charge on any atom is 0.257 e. The van der Waals surface area contributed by atoms with Crippen molar-refractivity contribution in [3.8, 4) is 5.75 Å². The highest BCUT2D eigenvalue weighted by molar-refractivity contribution is 9.10. The van der Waals surface area contributed by atoms with Gasteiger partial charge in [-0.1, -0.05) is 32.3 Å². The van der Waals surface area contributed by atoms with Crippen molar-refractivity contribution in [3.63, 3.8) is 0 Å². The van der Waals surface area contributed by atoms with Crippen LogP contribution in [0.2, 0.25) is 0 Å². The monoisotopic (exact) mass is 547 g/mol. The van der Waals surface area contributed by atoms with Crippen LogP contribution in [-0.2, 0) is 4.74 Å². The normalized spacial score (nSPS) is 13.3. The van der Waals surface area contributed by atoms with E-state index in [0.29, 0.717) is 59.9 Å². The van der Waals surface area contributed by atoms with Crippen molar-refractivity contribution in [1.29, 1.82) is 0 Å². The largest absolute Gasteiger partial charge is 0.492 e. The Labute approximate surface area is 214 Å². The molecule has 7 nitrogen and oxygen atoms in total. The van der Waals surface area contributed by atoms with Gasteiger partial charge in [-0.25, -0.2) is 0 Å². The molecular weight excluding hydrogens is 518 g/mol. The van der Waals surface area contributed by atoms with Crippen molar-refractivity contribution in [1.82, 2.24) is 10.2 Å². The van der Waals surface area contributed by atoms with E-state index in [1.807, 2.05) is 0 Å². The van der Waals surface area contributed by atoms with E-state index in [0.717, 1.165) is 12.8 Å². The maximum atomic E-state index is 12.7. The molecule has 0 aromatic heterocycles. The molecule has 2 N–H and O–H groups in total. The molecular formula is C25H30BrN3O4S. The fourth-order valence-corrected chi connectivity index (χ4v) is 4.19. The second-order valence-corrected chi connectivity index (χ2v) is 9.21. The van der Waals surface area contributed by atoms with Crippen LogP contribution in [0.25, 0.3) is 0 Å². The van der Waals surface area contributed by atoms with Crippen molar-refractivity contribution in [2.45, 2.75) is 32.6 Å². The van der Waals surface area contributed by atoms with E-state index in [9.17, 15) is 9.59 Å². The summed E-state index contributed by atoms with van der Waals surface area (Å²) in [6.07, 6.45) is 4.53. The lowest BCUT2D eigenvalue weighted by atomic mass is 10.1. The zero-order valence-electron chi connectivity index (χ0n) is 19.3. The van der Waals surface area contributed by atoms with Crippen LogP contribution in [-0.4, -0.2) is 54.7 Å². The molecule has 0 atom stereocenters. The van der Waals surface area contributed by atoms with Crippen LogP contribution in [0.3, 0.4) is 0 Å². The second-order valence-electron chi connectivity index (χ2n) is 7.95. The maximum absolute atomic E-state index is 12.7. The molecule has 2 aromatic rings. The Morgan fingerprint density at radius 1 is 1.09 bits per heavy atom. The lowest BCUT2D eigenvalue weighted by molar-refractivity contribution is 0.0303. The predicted molar refractivity (Wildman–Crippen MR) is 141 cm³/mol. The number of rotatable bonds is 9. The Bertz CT molecular complexity index is 1010. The minimum absolute atomic E-state index is 0.0561. The Hall–Kier alpha value is -2.49. The second kappa shape index (κ2) is 13.4. The van der Waals surface area contributed by atoms with Crippen molar-refractivity contribution in [2.24, 2.45) is 0 Å². The molecule has 1 saturated heterocycles. The molecule has 34 heavy (non-hydrogen) atoms. The molecule has 0 bridgehead atoms. The summed E-state index contributed by atoms with van der Waals surface area (Å²) in [6, 6.07) is 12.2. The van der Waals surface area contributed by atoms with Gasteiger partial charge in [-0.15, -0.1) is 0 Å². The first kappa shape index (κ1) is 26.1. The molecule has 2 amide bonds. The van der Waals surface area contributed by atoms with Gasteiger partial charge in [-0.3, -0.25) is 14.9 Å². The summed E-state index contributed by atoms with van der Waals surface area (Å²) in [5, 5.41) is 5.80. The van der Waals surface area contributed by atoms with Crippen LogP contribution >= 0.6 is 28.1 Å². The number of unbranched alkanes of at least 4 members (excludes halogenated alkanes) is 3. The van der Waals surface area contributed by atoms with Gasteiger partial charge in [0.2, 0.25) is 0 Å². The highest BCUT2D eigenvalue weighted by Gasteiger charge is 2.19. The van der Waals surface area contributed by atoms with Crippen LogP contribution in [0.5, 0.6) is 5.75 Å². The number of thiocarbonyl (C=S) groups is 1. The Morgan fingerprint density at radius 2 is 1.88 bits per heavy atom. The summed E-state index contributed by atoms with van der Waals surface area (Å²) in [6.45, 7) is 5.05. The molecule has 0 aliphatic carbocycles. The molecule has 0 spiro atoms. The molecule has 2 aromatic carbocycles. The van der Waals surface area contributed by atoms with Gasteiger partial charge < -0.3 is 19.7 Å². The van der Waals surface area contributed by atoms with Crippen LogP contribution in [0.4, 0.5) is 5.69 Å². The number of hydrogen-bond acceptors (Lipinski definition) is 5. The van der Waals surface area contributed by atoms with E-state index in [-0.39, 0.29) is 16.9 Å². The predicted octanol–water partition coefficient (Wildman–Crippen LogP) is 5.01. The van der Waals surface area contributed by atoms with E-state index >= 15 is 0 Å². The van der Waals surface area contributed by atoms with Crippen molar-refractivity contribution in [3.05, 3.63) is 58.1 Å². The highest BCUT2D eigenvalue weighted by Crippen LogP contribution is 2.26. The first-order valence-electron chi connectivity index (χ1n) is 11.5. The van der Waals surface area contributed by atoms with Crippen molar-refractivity contribution in [2.75, 3.05) is 38.2 Å². The Morgan fingerprint density at radius 3 is 2.62 bits per heavy atom. The summed E-state index contributed by atoms with van der Waals surface area (Å²) >= 11 is 8.78. The number of benzene rings is 2. The molecule has 0 radical (unpaired) electrons. The molecule has 1 aliphatic rings. The number of nitrogens with one attached hydrogen (secondary N) is 2. The lowest BCUT2D eigenvalue weighted by Crippen LogP contribution is -2.40. The number of hydrogen-bond donors (Lipinski definition) is 2. The van der Waals surface area contributed by atoms with Gasteiger partial charge in [-0.05, 0) is 71.0 Å². The molecule has 1 heterocycles. The van der Waals surface area contributed by atoms with Crippen LogP contribution in [0.15, 0.2) is 46.9 Å². The van der Waals surface area contributed by atoms with E-state index in [4.69, 9.17) is 21.7 Å². The smallest absolute Gasteiger partial charge is 0.257 e. The van der Waals surface area contributed by atoms with Crippen LogP contribution in [0.1, 0.15) is 53.3 Å². The number of nitrogens with zero attached hydrogens (tertiary/aromatic N) is 1. The summed E-state index contributed by atoms with van der Waals surface area (Å²) in [5.74, 6) is 0.308. The highest BCUT2D eigenvalue weighted by atomic mass is 79.9. The first-order valence-corrected chi connectivity index (χ1v) is 12.7. The van der Waals surface area contributed by atoms with E-state index in [1.54, 1.807) is 47.4 Å². The van der Waals surface area contributed by atoms with Gasteiger partial charge in [0.05, 0.1) is 24.3 Å². The van der Waals surface area contributed by atoms with Gasteiger partial charge in [-0.2, -0.15) is 0 Å². The standard InChI is InChI=1S/C25H30BrN3O4S/c1-2-3-4-5-13-33-22-10-9-18(17-21(22)26)23(30)28-25(34)27-20-8-6-7-19(16-20)24(31)29-11-14-32-15-12-29/h6-10,16-17H,2-5,11-15H2,1H3,(H2,27,28,30,34). The third-order valence-electron chi connectivity index (χ3n) is 5.34. The molecule has 9 heteroatoms. The molecule has 182 valence electrons. The van der Waals surface area contributed by atoms with Gasteiger partial charge in [0.1, 0.15) is 5.75 Å². The fourth-order valence-electron chi connectivity index (χ4n) is 3.49. The van der Waals surface area contributed by atoms with E-state index < -0.39 is 0 Å². The summed E-state index contributed by atoms with van der Waals surface area (Å²) in [4.78, 5) is 27.1. The number of anilines is 1. The molecule has 1 aliphatic heterocycles. The third kappa shape index (κ3) is 7.78. The number of morpholine rings is 1. The van der Waals surface area contributed by atoms with Crippen molar-refractivity contribution >= 4 is 50.8 Å². The van der Waals surface area contributed by atoms with Crippen LogP contribution in [0, 0.1) is 0 Å². The minimum atomic E-state index is -0.340. The van der Waals surface area contributed by atoms with Gasteiger partial charge in [0.15, 0.2) is 5.11 Å². The summed E-state index contributed by atoms with van der Waals surface area (Å²) < 4.78 is 11.8. The Balaban J connectivity index is 1.53. The molecule has 0 saturated carbocycles. The number of ether oxygens (including phenoxy) is 2. The Kier molecular flexibility index (Phi) is 10.3. The van der Waals surface area contributed by atoms with E-state index in [2.05, 4.69) is 33.5 Å². The van der Waals surface area contributed by atoms with Crippen molar-refractivity contribution < 1.29 is 19.1 Å². The van der Waals surface area contributed by atoms with Crippen LogP contribution < -0.4 is 15.4 Å². The lowest BCUT2D eigenvalue weighted by Gasteiger charge is -2.27. The summed E-state index contributed by atoms with van der Waals surface area (Å²) in [5.41, 5.74) is 1.62. The average Bonchev–Trinajstić information content (AvgIpc) is 2.84. The SMILES string of the molecule is CCCCCCOc1ccc(C(=O)NC(=S)Nc2cccc(C(=O)N3CCOCC3)c2)cc1Br. The first-order chi connectivity index (χ1) is 16.5. The van der Waals surface area contributed by atoms with Gasteiger partial charge in [0, 0.05) is 29.9 Å². The zero-order valence-corrected chi connectivity index (χ0v) is 21.7. The molecule has 1 fully saturated rings. The quantitative estimate of drug-likeness (QED) is 0.339. The number of halogens is 1. The number of carbonyl (C=O) groups is 2. The van der Waals surface area contributed by atoms with Gasteiger partial charge >= 0.3 is 0 Å². The molecule has 3 rings (SSSR count).